The van der Waals surface area contributed by atoms with Gasteiger partial charge in [-0.3, -0.25) is 0 Å². The number of hydrogen-bond donors (Lipinski definition) is 0. The minimum absolute atomic E-state index is 0.453. The van der Waals surface area contributed by atoms with Crippen molar-refractivity contribution in [3.05, 3.63) is 58.1 Å². The number of rotatable bonds is 1. The highest BCUT2D eigenvalue weighted by Crippen LogP contribution is 2.31. The monoisotopic (exact) mass is 234 g/mol. The SMILES string of the molecule is Cc1cccc(C2C=CC=C2)c1Br. The molecule has 66 valence electrons. The normalized spacial score (nSPS) is 15.5. The average molecular weight is 235 g/mol. The number of halogens is 1. The Morgan fingerprint density at radius 2 is 1.85 bits per heavy atom. The Bertz CT molecular complexity index is 363. The van der Waals surface area contributed by atoms with Crippen LogP contribution in [0.15, 0.2) is 47.0 Å². The van der Waals surface area contributed by atoms with Crippen LogP contribution in [-0.4, -0.2) is 0 Å². The molecule has 0 spiro atoms. The molecule has 1 aromatic carbocycles. The van der Waals surface area contributed by atoms with Crippen molar-refractivity contribution in [2.75, 3.05) is 0 Å². The standard InChI is InChI=1S/C12H11Br/c1-9-5-4-8-11(12(9)13)10-6-2-3-7-10/h2-8,10H,1H3. The summed E-state index contributed by atoms with van der Waals surface area (Å²) in [4.78, 5) is 0. The Morgan fingerprint density at radius 3 is 2.54 bits per heavy atom. The van der Waals surface area contributed by atoms with E-state index in [4.69, 9.17) is 0 Å². The van der Waals surface area contributed by atoms with Crippen molar-refractivity contribution >= 4 is 15.9 Å². The summed E-state index contributed by atoms with van der Waals surface area (Å²) in [5, 5.41) is 0. The fourth-order valence-electron chi connectivity index (χ4n) is 1.57. The van der Waals surface area contributed by atoms with Gasteiger partial charge in [0, 0.05) is 10.4 Å². The number of benzene rings is 1. The first-order valence-corrected chi connectivity index (χ1v) is 5.18. The van der Waals surface area contributed by atoms with Crippen molar-refractivity contribution < 1.29 is 0 Å². The van der Waals surface area contributed by atoms with Crippen LogP contribution in [-0.2, 0) is 0 Å². The summed E-state index contributed by atoms with van der Waals surface area (Å²) in [6, 6.07) is 6.40. The van der Waals surface area contributed by atoms with Gasteiger partial charge in [0.2, 0.25) is 0 Å². The minimum Gasteiger partial charge on any atom is -0.0732 e. The van der Waals surface area contributed by atoms with Gasteiger partial charge >= 0.3 is 0 Å². The fourth-order valence-corrected chi connectivity index (χ4v) is 2.10. The van der Waals surface area contributed by atoms with Crippen LogP contribution >= 0.6 is 15.9 Å². The molecule has 0 heterocycles. The lowest BCUT2D eigenvalue weighted by atomic mass is 9.99. The van der Waals surface area contributed by atoms with E-state index in [1.165, 1.54) is 15.6 Å². The molecule has 1 aliphatic carbocycles. The maximum absolute atomic E-state index is 3.62. The van der Waals surface area contributed by atoms with E-state index >= 15 is 0 Å². The summed E-state index contributed by atoms with van der Waals surface area (Å²) in [6.45, 7) is 2.12. The third kappa shape index (κ3) is 1.61. The molecule has 0 nitrogen and oxygen atoms in total. The second-order valence-corrected chi connectivity index (χ2v) is 4.07. The zero-order valence-electron chi connectivity index (χ0n) is 7.50. The van der Waals surface area contributed by atoms with Crippen molar-refractivity contribution in [3.63, 3.8) is 0 Å². The van der Waals surface area contributed by atoms with Gasteiger partial charge in [0.05, 0.1) is 0 Å². The lowest BCUT2D eigenvalue weighted by Crippen LogP contribution is -1.91. The van der Waals surface area contributed by atoms with Crippen LogP contribution in [0.3, 0.4) is 0 Å². The summed E-state index contributed by atoms with van der Waals surface area (Å²) >= 11 is 3.62. The summed E-state index contributed by atoms with van der Waals surface area (Å²) < 4.78 is 1.23. The van der Waals surface area contributed by atoms with Crippen molar-refractivity contribution in [1.29, 1.82) is 0 Å². The number of hydrogen-bond acceptors (Lipinski definition) is 0. The van der Waals surface area contributed by atoms with E-state index in [-0.39, 0.29) is 0 Å². The first-order chi connectivity index (χ1) is 6.29. The molecule has 1 aliphatic rings. The van der Waals surface area contributed by atoms with Crippen molar-refractivity contribution in [3.8, 4) is 0 Å². The highest BCUT2D eigenvalue weighted by Gasteiger charge is 2.11. The van der Waals surface area contributed by atoms with Crippen molar-refractivity contribution in [2.24, 2.45) is 0 Å². The predicted molar refractivity (Wildman–Crippen MR) is 59.9 cm³/mol. The van der Waals surface area contributed by atoms with Gasteiger partial charge in [-0.1, -0.05) is 58.4 Å². The maximum Gasteiger partial charge on any atom is 0.0245 e. The third-order valence-corrected chi connectivity index (χ3v) is 3.41. The molecule has 0 amide bonds. The smallest absolute Gasteiger partial charge is 0.0245 e. The van der Waals surface area contributed by atoms with Crippen molar-refractivity contribution in [2.45, 2.75) is 12.8 Å². The highest BCUT2D eigenvalue weighted by molar-refractivity contribution is 9.10. The van der Waals surface area contributed by atoms with Crippen LogP contribution in [0, 0.1) is 6.92 Å². The van der Waals surface area contributed by atoms with Crippen LogP contribution in [0.25, 0.3) is 0 Å². The van der Waals surface area contributed by atoms with Crippen LogP contribution in [0.5, 0.6) is 0 Å². The van der Waals surface area contributed by atoms with Gasteiger partial charge in [0.15, 0.2) is 0 Å². The predicted octanol–water partition coefficient (Wildman–Crippen LogP) is 3.97. The van der Waals surface area contributed by atoms with E-state index in [1.54, 1.807) is 0 Å². The first kappa shape index (κ1) is 8.76. The molecule has 1 aromatic rings. The molecule has 2 rings (SSSR count). The van der Waals surface area contributed by atoms with Crippen LogP contribution in [0.2, 0.25) is 0 Å². The Labute approximate surface area is 87.1 Å². The van der Waals surface area contributed by atoms with Crippen LogP contribution in [0.4, 0.5) is 0 Å². The molecule has 0 atom stereocenters. The topological polar surface area (TPSA) is 0 Å². The lowest BCUT2D eigenvalue weighted by Gasteiger charge is -2.10. The van der Waals surface area contributed by atoms with Crippen LogP contribution < -0.4 is 0 Å². The quantitative estimate of drug-likeness (QED) is 0.690. The van der Waals surface area contributed by atoms with E-state index in [2.05, 4.69) is 65.4 Å². The summed E-state index contributed by atoms with van der Waals surface area (Å²) in [5.74, 6) is 0.453. The molecular weight excluding hydrogens is 224 g/mol. The molecule has 0 aliphatic heterocycles. The third-order valence-electron chi connectivity index (χ3n) is 2.33. The van der Waals surface area contributed by atoms with Gasteiger partial charge < -0.3 is 0 Å². The summed E-state index contributed by atoms with van der Waals surface area (Å²) in [6.07, 6.45) is 8.61. The zero-order valence-corrected chi connectivity index (χ0v) is 9.08. The summed E-state index contributed by atoms with van der Waals surface area (Å²) in [7, 11) is 0. The molecule has 0 bridgehead atoms. The minimum atomic E-state index is 0.453. The molecule has 0 radical (unpaired) electrons. The van der Waals surface area contributed by atoms with Gasteiger partial charge in [-0.25, -0.2) is 0 Å². The largest absolute Gasteiger partial charge is 0.0732 e. The van der Waals surface area contributed by atoms with Crippen molar-refractivity contribution in [1.82, 2.24) is 0 Å². The van der Waals surface area contributed by atoms with E-state index in [9.17, 15) is 0 Å². The van der Waals surface area contributed by atoms with Crippen LogP contribution in [0.1, 0.15) is 17.0 Å². The molecule has 0 fully saturated rings. The molecule has 0 saturated carbocycles. The zero-order chi connectivity index (χ0) is 9.26. The Balaban J connectivity index is 2.45. The summed E-state index contributed by atoms with van der Waals surface area (Å²) in [5.41, 5.74) is 2.65. The molecule has 0 aromatic heterocycles. The number of allylic oxidation sites excluding steroid dienone is 4. The highest BCUT2D eigenvalue weighted by atomic mass is 79.9. The molecule has 0 unspecified atom stereocenters. The van der Waals surface area contributed by atoms with E-state index in [1.807, 2.05) is 0 Å². The maximum atomic E-state index is 3.62. The van der Waals surface area contributed by atoms with E-state index in [0.717, 1.165) is 0 Å². The second kappa shape index (κ2) is 3.51. The molecule has 0 N–H and O–H groups in total. The molecule has 13 heavy (non-hydrogen) atoms. The van der Waals surface area contributed by atoms with Gasteiger partial charge in [0.25, 0.3) is 0 Å². The molecular formula is C12H11Br. The Hall–Kier alpha value is -0.820. The van der Waals surface area contributed by atoms with E-state index < -0.39 is 0 Å². The molecule has 0 saturated heterocycles. The average Bonchev–Trinajstić information content (AvgIpc) is 2.62. The van der Waals surface area contributed by atoms with Gasteiger partial charge in [0.1, 0.15) is 0 Å². The Morgan fingerprint density at radius 1 is 1.15 bits per heavy atom. The first-order valence-electron chi connectivity index (χ1n) is 4.39. The number of aryl methyl sites for hydroxylation is 1. The van der Waals surface area contributed by atoms with E-state index in [0.29, 0.717) is 5.92 Å². The second-order valence-electron chi connectivity index (χ2n) is 3.27. The van der Waals surface area contributed by atoms with Gasteiger partial charge in [-0.2, -0.15) is 0 Å². The fraction of sp³-hybridized carbons (Fsp3) is 0.167. The van der Waals surface area contributed by atoms with Gasteiger partial charge in [-0.15, -0.1) is 0 Å². The Kier molecular flexibility index (Phi) is 2.36. The van der Waals surface area contributed by atoms with Gasteiger partial charge in [-0.05, 0) is 18.1 Å². The molecule has 1 heteroatoms. The lowest BCUT2D eigenvalue weighted by molar-refractivity contribution is 1.08.